The molecule has 7 aliphatic rings. The predicted octanol–water partition coefficient (Wildman–Crippen LogP) is 1.22. The summed E-state index contributed by atoms with van der Waals surface area (Å²) in [7, 11) is 0. The van der Waals surface area contributed by atoms with Gasteiger partial charge >= 0.3 is 17.9 Å². The van der Waals surface area contributed by atoms with Crippen LogP contribution in [0.2, 0.25) is 0 Å². The lowest BCUT2D eigenvalue weighted by molar-refractivity contribution is -0.372. The average Bonchev–Trinajstić information content (AvgIpc) is 3.16. The molecule has 17 heteroatoms. The van der Waals surface area contributed by atoms with Gasteiger partial charge in [0.2, 0.25) is 0 Å². The van der Waals surface area contributed by atoms with Gasteiger partial charge in [-0.25, -0.2) is 9.59 Å². The van der Waals surface area contributed by atoms with Crippen LogP contribution >= 0.6 is 0 Å². The monoisotopic (exact) mass is 838 g/mol. The maximum atomic E-state index is 14.9. The lowest BCUT2D eigenvalue weighted by Gasteiger charge is -2.70. The molecule has 0 aromatic carbocycles. The third kappa shape index (κ3) is 6.46. The number of allylic oxidation sites excluding steroid dienone is 2. The smallest absolute Gasteiger partial charge is 0.335 e. The van der Waals surface area contributed by atoms with Gasteiger partial charge in [-0.1, -0.05) is 40.2 Å². The SMILES string of the molecule is C[C@]1(C(=O)O)CC[C@]2(C)CC[C@]3(C)C(=CC(=O)[C@@H]4[C@@]5(C)CC[C@H](O[C@H]6O[C@H](C(=O)O)[C@@H](O)[C@H](O)[C@H]6O[C@@H]6O[C@H](C(=O)O)[C@@H](O)[C@H](O)[C@H]6O)[C@](C)(CO)[C@@H]5CC[C@]43C)[C@@H]2C1. The Kier molecular flexibility index (Phi) is 11.1. The van der Waals surface area contributed by atoms with E-state index >= 15 is 0 Å². The fourth-order valence-corrected chi connectivity index (χ4v) is 13.4. The molecule has 6 fully saturated rings. The highest BCUT2D eigenvalue weighted by Crippen LogP contribution is 2.75. The summed E-state index contributed by atoms with van der Waals surface area (Å²) >= 11 is 0. The van der Waals surface area contributed by atoms with Crippen LogP contribution in [-0.4, -0.2) is 144 Å². The number of carboxylic acids is 3. The highest BCUT2D eigenvalue weighted by atomic mass is 16.8. The van der Waals surface area contributed by atoms with Crippen molar-refractivity contribution in [1.29, 1.82) is 0 Å². The van der Waals surface area contributed by atoms with Gasteiger partial charge in [-0.3, -0.25) is 9.59 Å². The lowest BCUT2D eigenvalue weighted by Crippen LogP contribution is -2.69. The third-order valence-corrected chi connectivity index (χ3v) is 17.4. The van der Waals surface area contributed by atoms with Crippen molar-refractivity contribution in [3.05, 3.63) is 11.6 Å². The standard InChI is InChI=1S/C42H62O17/c1-37-11-12-38(2,36(54)55)16-19(37)18-15-20(44)31-39(3)9-8-22(40(4,17-43)21(39)7-10-42(31,6)41(18,5)14-13-37)56-35-30(26(48)25(47)29(58-35)33(52)53)59-34-27(49)23(45)24(46)28(57-34)32(50)51/h15,19,21-31,34-35,43,45-49H,7-14,16-17H2,1-6H3,(H,50,51)(H,52,53)(H,54,55)/t19-,21+,22-,23-,24-,25-,26-,27+,28-,29-,30+,31+,34-,35-,37+,38-,39-,40+,41+,42+/m0/s1. The minimum Gasteiger partial charge on any atom is -0.481 e. The number of aliphatic carboxylic acids is 3. The van der Waals surface area contributed by atoms with Crippen molar-refractivity contribution >= 4 is 23.7 Å². The minimum atomic E-state index is -2.10. The molecule has 0 radical (unpaired) electrons. The number of aliphatic hydroxyl groups is 6. The first-order valence-corrected chi connectivity index (χ1v) is 20.9. The van der Waals surface area contributed by atoms with E-state index in [1.165, 1.54) is 0 Å². The fourth-order valence-electron chi connectivity index (χ4n) is 13.4. The van der Waals surface area contributed by atoms with Crippen molar-refractivity contribution in [2.75, 3.05) is 6.61 Å². The molecule has 9 N–H and O–H groups in total. The van der Waals surface area contributed by atoms with Crippen molar-refractivity contribution in [1.82, 2.24) is 0 Å². The number of aliphatic hydroxyl groups excluding tert-OH is 6. The van der Waals surface area contributed by atoms with E-state index in [-0.39, 0.29) is 29.5 Å². The van der Waals surface area contributed by atoms with Gasteiger partial charge in [0.05, 0.1) is 18.1 Å². The van der Waals surface area contributed by atoms with Crippen LogP contribution in [0.25, 0.3) is 0 Å². The molecule has 7 rings (SSSR count). The number of ether oxygens (including phenoxy) is 4. The summed E-state index contributed by atoms with van der Waals surface area (Å²) in [6.45, 7) is 12.0. The van der Waals surface area contributed by atoms with Crippen molar-refractivity contribution < 1.29 is 84.1 Å². The van der Waals surface area contributed by atoms with Crippen LogP contribution in [0.15, 0.2) is 11.6 Å². The molecule has 0 aromatic heterocycles. The number of rotatable bonds is 8. The van der Waals surface area contributed by atoms with Crippen molar-refractivity contribution in [2.45, 2.75) is 167 Å². The van der Waals surface area contributed by atoms with E-state index in [1.807, 2.05) is 19.9 Å². The maximum Gasteiger partial charge on any atom is 0.335 e. The highest BCUT2D eigenvalue weighted by Gasteiger charge is 2.71. The Balaban J connectivity index is 1.19. The second-order valence-electron chi connectivity index (χ2n) is 20.5. The first kappa shape index (κ1) is 44.5. The van der Waals surface area contributed by atoms with Crippen LogP contribution in [-0.2, 0) is 38.1 Å². The van der Waals surface area contributed by atoms with Crippen LogP contribution in [0.1, 0.15) is 99.3 Å². The average molecular weight is 839 g/mol. The Morgan fingerprint density at radius 2 is 1.32 bits per heavy atom. The molecule has 0 spiro atoms. The van der Waals surface area contributed by atoms with Gasteiger partial charge in [-0.2, -0.15) is 0 Å². The van der Waals surface area contributed by atoms with Gasteiger partial charge < -0.3 is 64.9 Å². The van der Waals surface area contributed by atoms with Gasteiger partial charge in [-0.15, -0.1) is 0 Å². The topological polar surface area (TPSA) is 287 Å². The number of hydrogen-bond acceptors (Lipinski definition) is 14. The van der Waals surface area contributed by atoms with Crippen LogP contribution in [0.4, 0.5) is 0 Å². The first-order valence-electron chi connectivity index (χ1n) is 20.9. The Morgan fingerprint density at radius 3 is 1.92 bits per heavy atom. The van der Waals surface area contributed by atoms with Gasteiger partial charge in [-0.05, 0) is 104 Å². The maximum absolute atomic E-state index is 14.9. The number of fused-ring (bicyclic) bond motifs is 7. The van der Waals surface area contributed by atoms with E-state index in [4.69, 9.17) is 18.9 Å². The summed E-state index contributed by atoms with van der Waals surface area (Å²) in [5.74, 6) is -5.02. The van der Waals surface area contributed by atoms with E-state index < -0.39 is 125 Å². The number of carbonyl (C=O) groups is 4. The van der Waals surface area contributed by atoms with Gasteiger partial charge in [0.1, 0.15) is 36.6 Å². The van der Waals surface area contributed by atoms with E-state index in [0.717, 1.165) is 24.8 Å². The molecule has 0 aromatic rings. The molecule has 2 aliphatic heterocycles. The molecule has 0 amide bonds. The summed E-state index contributed by atoms with van der Waals surface area (Å²) in [6, 6.07) is 0. The Morgan fingerprint density at radius 1 is 0.729 bits per heavy atom. The van der Waals surface area contributed by atoms with Crippen LogP contribution in [0.5, 0.6) is 0 Å². The number of ketones is 1. The third-order valence-electron chi connectivity index (χ3n) is 17.4. The van der Waals surface area contributed by atoms with E-state index in [9.17, 15) is 65.1 Å². The van der Waals surface area contributed by atoms with Gasteiger partial charge in [0, 0.05) is 11.3 Å². The minimum absolute atomic E-state index is 0.0119. The summed E-state index contributed by atoms with van der Waals surface area (Å²) in [6.07, 6.45) is -13.8. The van der Waals surface area contributed by atoms with E-state index in [2.05, 4.69) is 27.7 Å². The van der Waals surface area contributed by atoms with E-state index in [1.54, 1.807) is 0 Å². The van der Waals surface area contributed by atoms with E-state index in [0.29, 0.717) is 32.1 Å². The molecule has 17 nitrogen and oxygen atoms in total. The summed E-state index contributed by atoms with van der Waals surface area (Å²) in [5, 5.41) is 94.3. The largest absolute Gasteiger partial charge is 0.481 e. The van der Waals surface area contributed by atoms with Crippen molar-refractivity contribution in [3.63, 3.8) is 0 Å². The fraction of sp³-hybridized carbons (Fsp3) is 0.857. The van der Waals surface area contributed by atoms with Gasteiger partial charge in [0.25, 0.3) is 0 Å². The summed E-state index contributed by atoms with van der Waals surface area (Å²) in [5.41, 5.74) is -2.63. The van der Waals surface area contributed by atoms with Crippen LogP contribution in [0.3, 0.4) is 0 Å². The van der Waals surface area contributed by atoms with Crippen molar-refractivity contribution in [2.24, 2.45) is 50.2 Å². The molecule has 4 saturated carbocycles. The molecule has 2 heterocycles. The second kappa shape index (κ2) is 14.8. The molecular formula is C42H62O17. The summed E-state index contributed by atoms with van der Waals surface area (Å²) < 4.78 is 23.2. The molecular weight excluding hydrogens is 776 g/mol. The quantitative estimate of drug-likeness (QED) is 0.155. The molecule has 59 heavy (non-hydrogen) atoms. The Hall–Kier alpha value is -2.58. The molecule has 0 bridgehead atoms. The lowest BCUT2D eigenvalue weighted by atomic mass is 9.33. The molecule has 5 aliphatic carbocycles. The number of carbonyl (C=O) groups excluding carboxylic acids is 1. The van der Waals surface area contributed by atoms with Crippen molar-refractivity contribution in [3.8, 4) is 0 Å². The Labute approximate surface area is 342 Å². The molecule has 0 unspecified atom stereocenters. The normalized spacial score (nSPS) is 53.5. The molecule has 332 valence electrons. The Bertz CT molecular complexity index is 1750. The zero-order valence-corrected chi connectivity index (χ0v) is 34.5. The first-order chi connectivity index (χ1) is 27.3. The summed E-state index contributed by atoms with van der Waals surface area (Å²) in [4.78, 5) is 51.4. The number of carboxylic acid groups (broad SMARTS) is 3. The highest BCUT2D eigenvalue weighted by molar-refractivity contribution is 5.95. The molecule has 2 saturated heterocycles. The van der Waals surface area contributed by atoms with Gasteiger partial charge in [0.15, 0.2) is 30.6 Å². The zero-order chi connectivity index (χ0) is 43.6. The number of hydrogen-bond donors (Lipinski definition) is 9. The van der Waals surface area contributed by atoms with Crippen LogP contribution in [0, 0.1) is 50.2 Å². The molecule has 20 atom stereocenters. The zero-order valence-electron chi connectivity index (χ0n) is 34.5. The predicted molar refractivity (Wildman–Crippen MR) is 201 cm³/mol. The second-order valence-corrected chi connectivity index (χ2v) is 20.5. The van der Waals surface area contributed by atoms with Crippen LogP contribution < -0.4 is 0 Å².